The zero-order chi connectivity index (χ0) is 14.5. The van der Waals surface area contributed by atoms with Crippen molar-refractivity contribution in [3.05, 3.63) is 18.0 Å². The van der Waals surface area contributed by atoms with Gasteiger partial charge in [-0.1, -0.05) is 27.2 Å². The van der Waals surface area contributed by atoms with Crippen LogP contribution in [0, 0.1) is 5.92 Å². The van der Waals surface area contributed by atoms with E-state index in [1.807, 2.05) is 0 Å². The molecule has 0 saturated carbocycles. The predicted molar refractivity (Wildman–Crippen MR) is 83.8 cm³/mol. The van der Waals surface area contributed by atoms with Crippen molar-refractivity contribution in [2.75, 3.05) is 19.6 Å². The highest BCUT2D eigenvalue weighted by Crippen LogP contribution is 2.19. The maximum atomic E-state index is 4.75. The first-order valence-corrected chi connectivity index (χ1v) is 8.14. The third kappa shape index (κ3) is 3.61. The van der Waals surface area contributed by atoms with Gasteiger partial charge >= 0.3 is 0 Å². The first-order chi connectivity index (χ1) is 9.65. The fourth-order valence-corrected chi connectivity index (χ4v) is 2.90. The maximum absolute atomic E-state index is 4.75. The van der Waals surface area contributed by atoms with E-state index in [2.05, 4.69) is 54.9 Å². The SMILES string of the molecule is CCC(C)C1CNCCN1Cc1ccn(C(C)CC)n1. The molecule has 4 nitrogen and oxygen atoms in total. The fraction of sp³-hybridized carbons (Fsp3) is 0.812. The molecule has 1 aliphatic rings. The van der Waals surface area contributed by atoms with Gasteiger partial charge in [-0.15, -0.1) is 0 Å². The third-order valence-corrected chi connectivity index (χ3v) is 4.77. The average Bonchev–Trinajstić information content (AvgIpc) is 2.94. The molecule has 114 valence electrons. The number of piperazine rings is 1. The van der Waals surface area contributed by atoms with Gasteiger partial charge in [0.2, 0.25) is 0 Å². The van der Waals surface area contributed by atoms with Gasteiger partial charge in [-0.3, -0.25) is 9.58 Å². The van der Waals surface area contributed by atoms with Crippen LogP contribution < -0.4 is 5.32 Å². The van der Waals surface area contributed by atoms with Gasteiger partial charge in [-0.05, 0) is 25.3 Å². The molecule has 1 aromatic heterocycles. The van der Waals surface area contributed by atoms with Crippen molar-refractivity contribution >= 4 is 0 Å². The average molecular weight is 278 g/mol. The largest absolute Gasteiger partial charge is 0.314 e. The molecule has 1 aromatic rings. The number of nitrogens with one attached hydrogen (secondary N) is 1. The summed E-state index contributed by atoms with van der Waals surface area (Å²) in [4.78, 5) is 2.61. The van der Waals surface area contributed by atoms with Gasteiger partial charge in [0.05, 0.1) is 5.69 Å². The summed E-state index contributed by atoms with van der Waals surface area (Å²) in [6, 6.07) is 3.32. The molecule has 1 fully saturated rings. The number of aromatic nitrogens is 2. The molecule has 4 heteroatoms. The van der Waals surface area contributed by atoms with Crippen LogP contribution in [-0.4, -0.2) is 40.4 Å². The zero-order valence-electron chi connectivity index (χ0n) is 13.5. The van der Waals surface area contributed by atoms with Crippen molar-refractivity contribution in [2.45, 2.75) is 59.2 Å². The number of hydrogen-bond acceptors (Lipinski definition) is 3. The van der Waals surface area contributed by atoms with Crippen molar-refractivity contribution in [1.29, 1.82) is 0 Å². The normalized spacial score (nSPS) is 23.7. The quantitative estimate of drug-likeness (QED) is 0.868. The second-order valence-corrected chi connectivity index (χ2v) is 6.17. The van der Waals surface area contributed by atoms with Crippen molar-refractivity contribution < 1.29 is 0 Å². The highest BCUT2D eigenvalue weighted by atomic mass is 15.3. The maximum Gasteiger partial charge on any atom is 0.0765 e. The van der Waals surface area contributed by atoms with Crippen LogP contribution in [0.4, 0.5) is 0 Å². The lowest BCUT2D eigenvalue weighted by molar-refractivity contribution is 0.107. The van der Waals surface area contributed by atoms with Crippen molar-refractivity contribution in [2.24, 2.45) is 5.92 Å². The third-order valence-electron chi connectivity index (χ3n) is 4.77. The highest BCUT2D eigenvalue weighted by molar-refractivity contribution is 5.01. The fourth-order valence-electron chi connectivity index (χ4n) is 2.90. The van der Waals surface area contributed by atoms with Gasteiger partial charge in [-0.2, -0.15) is 5.10 Å². The lowest BCUT2D eigenvalue weighted by Gasteiger charge is -2.39. The number of hydrogen-bond donors (Lipinski definition) is 1. The lowest BCUT2D eigenvalue weighted by atomic mass is 9.96. The number of nitrogens with zero attached hydrogens (tertiary/aromatic N) is 3. The van der Waals surface area contributed by atoms with E-state index >= 15 is 0 Å². The first-order valence-electron chi connectivity index (χ1n) is 8.14. The predicted octanol–water partition coefficient (Wildman–Crippen LogP) is 2.67. The van der Waals surface area contributed by atoms with Gasteiger partial charge in [0.25, 0.3) is 0 Å². The molecule has 2 heterocycles. The molecule has 0 aliphatic carbocycles. The van der Waals surface area contributed by atoms with E-state index in [9.17, 15) is 0 Å². The highest BCUT2D eigenvalue weighted by Gasteiger charge is 2.26. The van der Waals surface area contributed by atoms with Crippen molar-refractivity contribution in [3.63, 3.8) is 0 Å². The van der Waals surface area contributed by atoms with Crippen LogP contribution >= 0.6 is 0 Å². The van der Waals surface area contributed by atoms with Crippen molar-refractivity contribution in [1.82, 2.24) is 20.0 Å². The molecule has 3 atom stereocenters. The molecule has 0 aromatic carbocycles. The molecule has 3 unspecified atom stereocenters. The molecule has 0 spiro atoms. The van der Waals surface area contributed by atoms with E-state index in [-0.39, 0.29) is 0 Å². The van der Waals surface area contributed by atoms with Gasteiger partial charge in [-0.25, -0.2) is 0 Å². The van der Waals surface area contributed by atoms with E-state index < -0.39 is 0 Å². The summed E-state index contributed by atoms with van der Waals surface area (Å²) < 4.78 is 2.11. The van der Waals surface area contributed by atoms with Gasteiger partial charge in [0.1, 0.15) is 0 Å². The minimum absolute atomic E-state index is 0.497. The topological polar surface area (TPSA) is 33.1 Å². The molecule has 1 aliphatic heterocycles. The van der Waals surface area contributed by atoms with E-state index in [0.29, 0.717) is 12.1 Å². The Labute approximate surface area is 123 Å². The minimum atomic E-state index is 0.497. The van der Waals surface area contributed by atoms with Crippen LogP contribution in [-0.2, 0) is 6.54 Å². The lowest BCUT2D eigenvalue weighted by Crippen LogP contribution is -2.53. The molecule has 0 radical (unpaired) electrons. The standard InChI is InChI=1S/C16H30N4/c1-5-13(3)16-11-17-8-10-19(16)12-15-7-9-20(18-15)14(4)6-2/h7,9,13-14,16-17H,5-6,8,10-12H2,1-4H3. The second-order valence-electron chi connectivity index (χ2n) is 6.17. The Kier molecular flexibility index (Phi) is 5.61. The molecule has 0 bridgehead atoms. The van der Waals surface area contributed by atoms with Gasteiger partial charge in [0, 0.05) is 44.5 Å². The minimum Gasteiger partial charge on any atom is -0.314 e. The summed E-state index contributed by atoms with van der Waals surface area (Å²) in [6.45, 7) is 13.4. The van der Waals surface area contributed by atoms with Crippen LogP contribution in [0.25, 0.3) is 0 Å². The summed E-state index contributed by atoms with van der Waals surface area (Å²) in [5, 5.41) is 8.28. The van der Waals surface area contributed by atoms with E-state index in [1.54, 1.807) is 0 Å². The summed E-state index contributed by atoms with van der Waals surface area (Å²) in [5.74, 6) is 0.736. The first kappa shape index (κ1) is 15.5. The molecule has 2 rings (SSSR count). The zero-order valence-corrected chi connectivity index (χ0v) is 13.5. The van der Waals surface area contributed by atoms with Crippen LogP contribution in [0.1, 0.15) is 52.3 Å². The molecular formula is C16H30N4. The Morgan fingerprint density at radius 1 is 1.35 bits per heavy atom. The van der Waals surface area contributed by atoms with Gasteiger partial charge in [0.15, 0.2) is 0 Å². The smallest absolute Gasteiger partial charge is 0.0765 e. The molecule has 20 heavy (non-hydrogen) atoms. The molecule has 0 amide bonds. The Bertz CT molecular complexity index is 401. The number of rotatable bonds is 6. The summed E-state index contributed by atoms with van der Waals surface area (Å²) in [5.41, 5.74) is 1.21. The van der Waals surface area contributed by atoms with Crippen LogP contribution in [0.2, 0.25) is 0 Å². The summed E-state index contributed by atoms with van der Waals surface area (Å²) in [7, 11) is 0. The van der Waals surface area contributed by atoms with Crippen LogP contribution in [0.15, 0.2) is 12.3 Å². The van der Waals surface area contributed by atoms with Crippen LogP contribution in [0.5, 0.6) is 0 Å². The molecular weight excluding hydrogens is 248 g/mol. The van der Waals surface area contributed by atoms with E-state index in [1.165, 1.54) is 12.1 Å². The molecule has 1 saturated heterocycles. The monoisotopic (exact) mass is 278 g/mol. The Morgan fingerprint density at radius 2 is 2.15 bits per heavy atom. The van der Waals surface area contributed by atoms with Crippen LogP contribution in [0.3, 0.4) is 0 Å². The Balaban J connectivity index is 2.01. The van der Waals surface area contributed by atoms with E-state index in [4.69, 9.17) is 5.10 Å². The Morgan fingerprint density at radius 3 is 2.85 bits per heavy atom. The van der Waals surface area contributed by atoms with E-state index in [0.717, 1.165) is 38.5 Å². The van der Waals surface area contributed by atoms with Crippen molar-refractivity contribution in [3.8, 4) is 0 Å². The molecule has 1 N–H and O–H groups in total. The summed E-state index contributed by atoms with van der Waals surface area (Å²) in [6.07, 6.45) is 4.50. The second kappa shape index (κ2) is 7.23. The Hall–Kier alpha value is -0.870. The van der Waals surface area contributed by atoms with Gasteiger partial charge < -0.3 is 5.32 Å². The summed E-state index contributed by atoms with van der Waals surface area (Å²) >= 11 is 0.